The van der Waals surface area contributed by atoms with Crippen molar-refractivity contribution < 1.29 is 14.3 Å². The number of amides is 2. The van der Waals surface area contributed by atoms with Gasteiger partial charge in [-0.15, -0.1) is 0 Å². The largest absolute Gasteiger partial charge is 0.378 e. The van der Waals surface area contributed by atoms with E-state index in [4.69, 9.17) is 4.74 Å². The number of benzene rings is 1. The molecule has 0 aliphatic carbocycles. The van der Waals surface area contributed by atoms with E-state index in [1.54, 1.807) is 4.90 Å². The van der Waals surface area contributed by atoms with Crippen LogP contribution in [0, 0.1) is 5.92 Å². The van der Waals surface area contributed by atoms with E-state index in [-0.39, 0.29) is 17.7 Å². The van der Waals surface area contributed by atoms with Crippen molar-refractivity contribution in [2.75, 3.05) is 37.7 Å². The van der Waals surface area contributed by atoms with Crippen LogP contribution in [0.15, 0.2) is 24.3 Å². The van der Waals surface area contributed by atoms with Crippen molar-refractivity contribution in [3.63, 3.8) is 0 Å². The van der Waals surface area contributed by atoms with Crippen LogP contribution in [0.1, 0.15) is 31.7 Å². The Labute approximate surface area is 137 Å². The van der Waals surface area contributed by atoms with Crippen LogP contribution in [0.2, 0.25) is 0 Å². The first-order valence-electron chi connectivity index (χ1n) is 8.33. The molecule has 1 aromatic rings. The summed E-state index contributed by atoms with van der Waals surface area (Å²) < 4.78 is 5.29. The number of ether oxygens (including phenoxy) is 1. The molecular formula is C18H24N2O3. The van der Waals surface area contributed by atoms with Gasteiger partial charge in [0.2, 0.25) is 11.8 Å². The first-order chi connectivity index (χ1) is 11.1. The molecule has 0 bridgehead atoms. The van der Waals surface area contributed by atoms with Gasteiger partial charge >= 0.3 is 0 Å². The summed E-state index contributed by atoms with van der Waals surface area (Å²) in [5.41, 5.74) is 2.10. The number of hydrogen-bond donors (Lipinski definition) is 0. The van der Waals surface area contributed by atoms with E-state index in [1.807, 2.05) is 23.1 Å². The minimum absolute atomic E-state index is 0.0460. The Balaban J connectivity index is 1.76. The summed E-state index contributed by atoms with van der Waals surface area (Å²) in [6.07, 6.45) is 0.308. The smallest absolute Gasteiger partial charge is 0.228 e. The zero-order valence-electron chi connectivity index (χ0n) is 13.8. The number of hydrogen-bond acceptors (Lipinski definition) is 3. The number of para-hydroxylation sites is 1. The number of carbonyl (C=O) groups excluding carboxylic acids is 2. The molecule has 1 atom stereocenters. The van der Waals surface area contributed by atoms with Gasteiger partial charge in [0.15, 0.2) is 0 Å². The second-order valence-electron chi connectivity index (χ2n) is 6.56. The predicted octanol–water partition coefficient (Wildman–Crippen LogP) is 2.02. The summed E-state index contributed by atoms with van der Waals surface area (Å²) >= 11 is 0. The average molecular weight is 316 g/mol. The van der Waals surface area contributed by atoms with E-state index >= 15 is 0 Å². The van der Waals surface area contributed by atoms with Crippen molar-refractivity contribution in [3.05, 3.63) is 29.8 Å². The van der Waals surface area contributed by atoms with Gasteiger partial charge in [-0.3, -0.25) is 9.59 Å². The van der Waals surface area contributed by atoms with Crippen LogP contribution in [0.5, 0.6) is 0 Å². The Hall–Kier alpha value is -1.88. The molecule has 1 aromatic carbocycles. The monoisotopic (exact) mass is 316 g/mol. The fourth-order valence-electron chi connectivity index (χ4n) is 3.37. The third-order valence-electron chi connectivity index (χ3n) is 4.65. The summed E-state index contributed by atoms with van der Waals surface area (Å²) in [7, 11) is 0. The standard InChI is InChI=1S/C18H24N2O3/c1-13(2)15-5-3-4-6-16(15)20-12-14(11-17(20)21)18(22)19-7-9-23-10-8-19/h3-6,13-14H,7-12H2,1-2H3. The highest BCUT2D eigenvalue weighted by molar-refractivity contribution is 6.00. The van der Waals surface area contributed by atoms with Crippen LogP contribution in [0.4, 0.5) is 5.69 Å². The molecule has 0 radical (unpaired) electrons. The molecule has 0 aromatic heterocycles. The molecule has 0 saturated carbocycles. The highest BCUT2D eigenvalue weighted by Gasteiger charge is 2.38. The number of nitrogens with zero attached hydrogens (tertiary/aromatic N) is 2. The van der Waals surface area contributed by atoms with E-state index in [0.29, 0.717) is 45.2 Å². The van der Waals surface area contributed by atoms with Gasteiger partial charge < -0.3 is 14.5 Å². The molecule has 2 amide bonds. The first-order valence-corrected chi connectivity index (χ1v) is 8.33. The normalized spacial score (nSPS) is 22.0. The average Bonchev–Trinajstić information content (AvgIpc) is 2.96. The van der Waals surface area contributed by atoms with Crippen LogP contribution in [-0.2, 0) is 14.3 Å². The van der Waals surface area contributed by atoms with Crippen LogP contribution in [-0.4, -0.2) is 49.6 Å². The lowest BCUT2D eigenvalue weighted by Crippen LogP contribution is -2.44. The van der Waals surface area contributed by atoms with Crippen molar-refractivity contribution in [1.82, 2.24) is 4.90 Å². The lowest BCUT2D eigenvalue weighted by atomic mass is 10.0. The van der Waals surface area contributed by atoms with E-state index < -0.39 is 0 Å². The van der Waals surface area contributed by atoms with Crippen molar-refractivity contribution >= 4 is 17.5 Å². The first kappa shape index (κ1) is 16.0. The van der Waals surface area contributed by atoms with Crippen molar-refractivity contribution in [3.8, 4) is 0 Å². The summed E-state index contributed by atoms with van der Waals surface area (Å²) in [6.45, 7) is 7.17. The van der Waals surface area contributed by atoms with Crippen molar-refractivity contribution in [1.29, 1.82) is 0 Å². The van der Waals surface area contributed by atoms with Gasteiger partial charge in [0, 0.05) is 31.7 Å². The molecule has 2 heterocycles. The van der Waals surface area contributed by atoms with Gasteiger partial charge in [0.1, 0.15) is 0 Å². The zero-order valence-corrected chi connectivity index (χ0v) is 13.8. The maximum atomic E-state index is 12.6. The maximum absolute atomic E-state index is 12.6. The summed E-state index contributed by atoms with van der Waals surface area (Å²) in [5.74, 6) is 0.240. The molecule has 1 unspecified atom stereocenters. The Morgan fingerprint density at radius 2 is 1.91 bits per heavy atom. The van der Waals surface area contributed by atoms with Crippen molar-refractivity contribution in [2.45, 2.75) is 26.2 Å². The molecule has 3 rings (SSSR count). The second kappa shape index (κ2) is 6.71. The summed E-state index contributed by atoms with van der Waals surface area (Å²) in [5, 5.41) is 0. The minimum atomic E-state index is -0.235. The number of morpholine rings is 1. The molecule has 2 saturated heterocycles. The van der Waals surface area contributed by atoms with Crippen LogP contribution < -0.4 is 4.90 Å². The Morgan fingerprint density at radius 1 is 1.22 bits per heavy atom. The van der Waals surface area contributed by atoms with Gasteiger partial charge in [-0.05, 0) is 17.5 Å². The molecule has 124 valence electrons. The van der Waals surface area contributed by atoms with E-state index in [9.17, 15) is 9.59 Å². The second-order valence-corrected chi connectivity index (χ2v) is 6.56. The third-order valence-corrected chi connectivity index (χ3v) is 4.65. The van der Waals surface area contributed by atoms with Gasteiger partial charge in [-0.2, -0.15) is 0 Å². The maximum Gasteiger partial charge on any atom is 0.228 e. The molecular weight excluding hydrogens is 292 g/mol. The number of anilines is 1. The van der Waals surface area contributed by atoms with E-state index in [2.05, 4.69) is 19.9 Å². The summed E-state index contributed by atoms with van der Waals surface area (Å²) in [4.78, 5) is 28.7. The Bertz CT molecular complexity index is 594. The van der Waals surface area contributed by atoms with Crippen LogP contribution >= 0.6 is 0 Å². The van der Waals surface area contributed by atoms with Gasteiger partial charge in [-0.1, -0.05) is 32.0 Å². The molecule has 2 aliphatic heterocycles. The third kappa shape index (κ3) is 3.24. The quantitative estimate of drug-likeness (QED) is 0.857. The molecule has 2 aliphatic rings. The van der Waals surface area contributed by atoms with Gasteiger partial charge in [0.05, 0.1) is 19.1 Å². The van der Waals surface area contributed by atoms with E-state index in [1.165, 1.54) is 0 Å². The topological polar surface area (TPSA) is 49.9 Å². The fourth-order valence-corrected chi connectivity index (χ4v) is 3.37. The van der Waals surface area contributed by atoms with Gasteiger partial charge in [-0.25, -0.2) is 0 Å². The van der Waals surface area contributed by atoms with Crippen molar-refractivity contribution in [2.24, 2.45) is 5.92 Å². The Morgan fingerprint density at radius 3 is 2.61 bits per heavy atom. The minimum Gasteiger partial charge on any atom is -0.378 e. The number of carbonyl (C=O) groups is 2. The lowest BCUT2D eigenvalue weighted by Gasteiger charge is -2.29. The van der Waals surface area contributed by atoms with Crippen LogP contribution in [0.25, 0.3) is 0 Å². The summed E-state index contributed by atoms with van der Waals surface area (Å²) in [6, 6.07) is 7.99. The van der Waals surface area contributed by atoms with Crippen LogP contribution in [0.3, 0.4) is 0 Å². The molecule has 5 heteroatoms. The van der Waals surface area contributed by atoms with Gasteiger partial charge in [0.25, 0.3) is 0 Å². The molecule has 0 spiro atoms. The zero-order chi connectivity index (χ0) is 16.4. The van der Waals surface area contributed by atoms with E-state index in [0.717, 1.165) is 11.3 Å². The molecule has 5 nitrogen and oxygen atoms in total. The Kier molecular flexibility index (Phi) is 4.66. The number of rotatable bonds is 3. The highest BCUT2D eigenvalue weighted by atomic mass is 16.5. The molecule has 23 heavy (non-hydrogen) atoms. The lowest BCUT2D eigenvalue weighted by molar-refractivity contribution is -0.139. The predicted molar refractivity (Wildman–Crippen MR) is 88.4 cm³/mol. The fraction of sp³-hybridized carbons (Fsp3) is 0.556. The SMILES string of the molecule is CC(C)c1ccccc1N1CC(C(=O)N2CCOCC2)CC1=O. The molecule has 2 fully saturated rings. The highest BCUT2D eigenvalue weighted by Crippen LogP contribution is 2.32. The molecule has 0 N–H and O–H groups in total.